The molecule has 0 N–H and O–H groups in total. The van der Waals surface area contributed by atoms with Gasteiger partial charge in [-0.2, -0.15) is 10.5 Å². The smallest absolute Gasteiger partial charge is 0.145 e. The minimum atomic E-state index is -0.840. The lowest BCUT2D eigenvalue weighted by Crippen LogP contribution is -1.90. The quantitative estimate of drug-likeness (QED) is 0.645. The molecule has 0 heterocycles. The normalized spacial score (nSPS) is 11.4. The predicted octanol–water partition coefficient (Wildman–Crippen LogP) is 2.50. The number of nitriles is 2. The second-order valence-corrected chi connectivity index (χ2v) is 2.78. The number of rotatable bonds is 1. The van der Waals surface area contributed by atoms with Gasteiger partial charge in [-0.25, -0.2) is 4.39 Å². The van der Waals surface area contributed by atoms with Gasteiger partial charge >= 0.3 is 0 Å². The minimum Gasteiger partial charge on any atom is -0.206 e. The summed E-state index contributed by atoms with van der Waals surface area (Å²) >= 11 is 5.58. The van der Waals surface area contributed by atoms with E-state index in [1.807, 2.05) is 0 Å². The van der Waals surface area contributed by atoms with Gasteiger partial charge in [0, 0.05) is 0 Å². The summed E-state index contributed by atoms with van der Waals surface area (Å²) in [6.07, 6.45) is 0. The van der Waals surface area contributed by atoms with Crippen LogP contribution in [0.25, 0.3) is 0 Å². The van der Waals surface area contributed by atoms with Crippen LogP contribution in [0.1, 0.15) is 16.5 Å². The molecule has 1 unspecified atom stereocenters. The molecule has 64 valence electrons. The molecule has 0 fully saturated rings. The average molecular weight is 195 g/mol. The van der Waals surface area contributed by atoms with Crippen molar-refractivity contribution < 1.29 is 4.39 Å². The third kappa shape index (κ3) is 1.96. The maximum absolute atomic E-state index is 12.8. The average Bonchev–Trinajstić information content (AvgIpc) is 2.17. The van der Waals surface area contributed by atoms with Crippen LogP contribution in [0.4, 0.5) is 4.39 Å². The molecule has 0 aliphatic rings. The van der Waals surface area contributed by atoms with Gasteiger partial charge in [-0.3, -0.25) is 0 Å². The summed E-state index contributed by atoms with van der Waals surface area (Å²) in [6.45, 7) is 0. The molecular formula is C9H4ClFN2. The fourth-order valence-electron chi connectivity index (χ4n) is 0.861. The number of nitrogens with zero attached hydrogens (tertiary/aromatic N) is 2. The molecule has 4 heteroatoms. The Labute approximate surface area is 79.8 Å². The first kappa shape index (κ1) is 9.51. The molecule has 0 aliphatic heterocycles. The highest BCUT2D eigenvalue weighted by molar-refractivity contribution is 6.22. The van der Waals surface area contributed by atoms with E-state index in [1.54, 1.807) is 12.1 Å². The van der Waals surface area contributed by atoms with Gasteiger partial charge in [-0.1, -0.05) is 6.07 Å². The Hall–Kier alpha value is -1.58. The largest absolute Gasteiger partial charge is 0.206 e. The van der Waals surface area contributed by atoms with E-state index in [2.05, 4.69) is 0 Å². The van der Waals surface area contributed by atoms with Gasteiger partial charge in [0.2, 0.25) is 0 Å². The van der Waals surface area contributed by atoms with Gasteiger partial charge in [0.25, 0.3) is 0 Å². The van der Waals surface area contributed by atoms with Crippen LogP contribution in [-0.4, -0.2) is 0 Å². The standard InChI is InChI=1S/C9H4ClFN2/c10-8(5-13)6-1-2-9(11)7(3-6)4-12/h1-3,8H. The van der Waals surface area contributed by atoms with Gasteiger partial charge in [0.15, 0.2) is 0 Å². The van der Waals surface area contributed by atoms with Crippen molar-refractivity contribution in [3.8, 4) is 12.1 Å². The van der Waals surface area contributed by atoms with E-state index in [-0.39, 0.29) is 5.56 Å². The maximum Gasteiger partial charge on any atom is 0.145 e. The second-order valence-electron chi connectivity index (χ2n) is 2.34. The van der Waals surface area contributed by atoms with Crippen LogP contribution in [0.15, 0.2) is 18.2 Å². The van der Waals surface area contributed by atoms with Crippen LogP contribution in [-0.2, 0) is 0 Å². The fourth-order valence-corrected chi connectivity index (χ4v) is 0.996. The molecule has 0 aliphatic carbocycles. The topological polar surface area (TPSA) is 47.6 Å². The predicted molar refractivity (Wildman–Crippen MR) is 45.3 cm³/mol. The molecule has 13 heavy (non-hydrogen) atoms. The lowest BCUT2D eigenvalue weighted by molar-refractivity contribution is 0.623. The SMILES string of the molecule is N#Cc1cc(C(Cl)C#N)ccc1F. The minimum absolute atomic E-state index is 0.0987. The zero-order chi connectivity index (χ0) is 9.84. The molecule has 2 nitrogen and oxygen atoms in total. The van der Waals surface area contributed by atoms with E-state index < -0.39 is 11.2 Å². The molecule has 1 aromatic rings. The lowest BCUT2D eigenvalue weighted by Gasteiger charge is -2.00. The number of benzene rings is 1. The molecule has 0 aromatic heterocycles. The molecule has 0 radical (unpaired) electrons. The molecule has 1 aromatic carbocycles. The van der Waals surface area contributed by atoms with E-state index in [1.165, 1.54) is 12.1 Å². The highest BCUT2D eigenvalue weighted by Crippen LogP contribution is 2.21. The zero-order valence-corrected chi connectivity index (χ0v) is 7.22. The fraction of sp³-hybridized carbons (Fsp3) is 0.111. The van der Waals surface area contributed by atoms with Crippen molar-refractivity contribution in [2.24, 2.45) is 0 Å². The Morgan fingerprint density at radius 2 is 2.08 bits per heavy atom. The Morgan fingerprint density at radius 3 is 2.62 bits per heavy atom. The zero-order valence-electron chi connectivity index (χ0n) is 6.46. The summed E-state index contributed by atoms with van der Waals surface area (Å²) in [5.41, 5.74) is 0.334. The summed E-state index contributed by atoms with van der Waals surface area (Å²) in [4.78, 5) is 0. The molecule has 1 rings (SSSR count). The van der Waals surface area contributed by atoms with Crippen LogP contribution < -0.4 is 0 Å². The maximum atomic E-state index is 12.8. The molecule has 0 saturated carbocycles. The first-order valence-electron chi connectivity index (χ1n) is 3.42. The number of halogens is 2. The molecule has 0 saturated heterocycles. The molecule has 0 bridgehead atoms. The van der Waals surface area contributed by atoms with Crippen LogP contribution in [0, 0.1) is 28.5 Å². The summed E-state index contributed by atoms with van der Waals surface area (Å²) in [6, 6.07) is 7.24. The third-order valence-electron chi connectivity index (χ3n) is 1.52. The van der Waals surface area contributed by atoms with E-state index in [0.29, 0.717) is 5.56 Å². The highest BCUT2D eigenvalue weighted by atomic mass is 35.5. The van der Waals surface area contributed by atoms with Gasteiger partial charge in [0.1, 0.15) is 17.3 Å². The van der Waals surface area contributed by atoms with Gasteiger partial charge in [-0.15, -0.1) is 11.6 Å². The highest BCUT2D eigenvalue weighted by Gasteiger charge is 2.09. The number of alkyl halides is 1. The van der Waals surface area contributed by atoms with Crippen molar-refractivity contribution >= 4 is 11.6 Å². The van der Waals surface area contributed by atoms with Gasteiger partial charge < -0.3 is 0 Å². The van der Waals surface area contributed by atoms with E-state index in [4.69, 9.17) is 22.1 Å². The van der Waals surface area contributed by atoms with Crippen LogP contribution in [0.5, 0.6) is 0 Å². The van der Waals surface area contributed by atoms with Gasteiger partial charge in [0.05, 0.1) is 11.6 Å². The lowest BCUT2D eigenvalue weighted by atomic mass is 10.1. The summed E-state index contributed by atoms with van der Waals surface area (Å²) in [7, 11) is 0. The Bertz CT molecular complexity index is 403. The Balaban J connectivity index is 3.17. The Morgan fingerprint density at radius 1 is 1.38 bits per heavy atom. The van der Waals surface area contributed by atoms with Crippen molar-refractivity contribution in [2.45, 2.75) is 5.38 Å². The summed E-state index contributed by atoms with van der Waals surface area (Å²) < 4.78 is 12.8. The van der Waals surface area contributed by atoms with Crippen molar-refractivity contribution in [3.63, 3.8) is 0 Å². The monoisotopic (exact) mass is 194 g/mol. The molecular weight excluding hydrogens is 191 g/mol. The molecule has 1 atom stereocenters. The van der Waals surface area contributed by atoms with Crippen molar-refractivity contribution in [3.05, 3.63) is 35.1 Å². The summed E-state index contributed by atoms with van der Waals surface area (Å²) in [5, 5.41) is 16.1. The molecule has 0 amide bonds. The van der Waals surface area contributed by atoms with Crippen LogP contribution in [0.3, 0.4) is 0 Å². The van der Waals surface area contributed by atoms with Crippen LogP contribution >= 0.6 is 11.6 Å². The van der Waals surface area contributed by atoms with Crippen LogP contribution in [0.2, 0.25) is 0 Å². The van der Waals surface area contributed by atoms with Crippen molar-refractivity contribution in [2.75, 3.05) is 0 Å². The van der Waals surface area contributed by atoms with Crippen molar-refractivity contribution in [1.82, 2.24) is 0 Å². The number of hydrogen-bond donors (Lipinski definition) is 0. The van der Waals surface area contributed by atoms with E-state index >= 15 is 0 Å². The molecule has 0 spiro atoms. The third-order valence-corrected chi connectivity index (χ3v) is 1.87. The van der Waals surface area contributed by atoms with Crippen molar-refractivity contribution in [1.29, 1.82) is 10.5 Å². The summed E-state index contributed by atoms with van der Waals surface area (Å²) in [5.74, 6) is -0.604. The Kier molecular flexibility index (Phi) is 2.84. The van der Waals surface area contributed by atoms with Gasteiger partial charge in [-0.05, 0) is 17.7 Å². The van der Waals surface area contributed by atoms with E-state index in [9.17, 15) is 4.39 Å². The second kappa shape index (κ2) is 3.89. The number of hydrogen-bond acceptors (Lipinski definition) is 2. The first-order valence-corrected chi connectivity index (χ1v) is 3.86. The van der Waals surface area contributed by atoms with E-state index in [0.717, 1.165) is 6.07 Å². The first-order chi connectivity index (χ1) is 6.19.